The zero-order valence-corrected chi connectivity index (χ0v) is 14.5. The van der Waals surface area contributed by atoms with Crippen LogP contribution >= 0.6 is 11.8 Å². The van der Waals surface area contributed by atoms with Gasteiger partial charge < -0.3 is 5.32 Å². The molecular formula is C16H14N2O5S2. The molecule has 0 spiro atoms. The lowest BCUT2D eigenvalue weighted by molar-refractivity contribution is -0.129. The van der Waals surface area contributed by atoms with E-state index in [1.165, 1.54) is 6.08 Å². The molecule has 3 rings (SSSR count). The lowest BCUT2D eigenvalue weighted by atomic mass is 10.2. The highest BCUT2D eigenvalue weighted by atomic mass is 32.2. The molecule has 1 aromatic carbocycles. The van der Waals surface area contributed by atoms with Crippen LogP contribution in [0.15, 0.2) is 46.7 Å². The molecule has 0 unspecified atom stereocenters. The Morgan fingerprint density at radius 2 is 2.00 bits per heavy atom. The molecule has 0 aliphatic carbocycles. The number of carbonyl (C=O) groups excluding carboxylic acids is 3. The van der Waals surface area contributed by atoms with E-state index in [1.54, 1.807) is 18.2 Å². The predicted molar refractivity (Wildman–Crippen MR) is 94.0 cm³/mol. The van der Waals surface area contributed by atoms with E-state index in [2.05, 4.69) is 5.32 Å². The zero-order valence-electron chi connectivity index (χ0n) is 12.9. The molecule has 1 aromatic rings. The van der Waals surface area contributed by atoms with Gasteiger partial charge in [-0.1, -0.05) is 30.3 Å². The highest BCUT2D eigenvalue weighted by Gasteiger charge is 2.36. The second kappa shape index (κ2) is 6.85. The van der Waals surface area contributed by atoms with Gasteiger partial charge in [0.25, 0.3) is 11.1 Å². The maximum atomic E-state index is 12.3. The van der Waals surface area contributed by atoms with Gasteiger partial charge in [-0.05, 0) is 29.5 Å². The summed E-state index contributed by atoms with van der Waals surface area (Å²) in [5.41, 5.74) is 0.777. The molecule has 1 N–H and O–H groups in total. The van der Waals surface area contributed by atoms with Crippen LogP contribution in [-0.4, -0.2) is 48.7 Å². The molecule has 130 valence electrons. The summed E-state index contributed by atoms with van der Waals surface area (Å²) in [6.07, 6.45) is 2.96. The second-order valence-electron chi connectivity index (χ2n) is 5.51. The third kappa shape index (κ3) is 4.18. The molecule has 2 aliphatic heterocycles. The van der Waals surface area contributed by atoms with Crippen molar-refractivity contribution in [1.82, 2.24) is 10.2 Å². The largest absolute Gasteiger partial charge is 0.347 e. The average Bonchev–Trinajstić information content (AvgIpc) is 3.02. The number of thioether (sulfide) groups is 1. The first-order valence-electron chi connectivity index (χ1n) is 7.35. The Hall–Kier alpha value is -2.39. The van der Waals surface area contributed by atoms with Crippen LogP contribution in [0.5, 0.6) is 0 Å². The van der Waals surface area contributed by atoms with E-state index < -0.39 is 39.5 Å². The van der Waals surface area contributed by atoms with E-state index >= 15 is 0 Å². The minimum Gasteiger partial charge on any atom is -0.347 e. The van der Waals surface area contributed by atoms with E-state index in [-0.39, 0.29) is 10.7 Å². The number of nitrogens with one attached hydrogen (secondary N) is 1. The summed E-state index contributed by atoms with van der Waals surface area (Å²) in [6.45, 7) is -0.443. The molecule has 0 aromatic heterocycles. The van der Waals surface area contributed by atoms with Crippen LogP contribution in [0.25, 0.3) is 6.08 Å². The van der Waals surface area contributed by atoms with Gasteiger partial charge in [0, 0.05) is 5.41 Å². The van der Waals surface area contributed by atoms with Crippen LogP contribution < -0.4 is 5.32 Å². The minimum atomic E-state index is -3.29. The van der Waals surface area contributed by atoms with Crippen molar-refractivity contribution in [3.8, 4) is 0 Å². The van der Waals surface area contributed by atoms with E-state index in [9.17, 15) is 22.8 Å². The third-order valence-corrected chi connectivity index (χ3v) is 5.85. The van der Waals surface area contributed by atoms with Gasteiger partial charge in [0.1, 0.15) is 6.54 Å². The average molecular weight is 378 g/mol. The number of imide groups is 1. The Labute approximate surface area is 148 Å². The summed E-state index contributed by atoms with van der Waals surface area (Å²) in [7, 11) is -3.29. The number of hydrogen-bond acceptors (Lipinski definition) is 6. The Balaban J connectivity index is 1.64. The first kappa shape index (κ1) is 17.4. The van der Waals surface area contributed by atoms with Gasteiger partial charge in [0.15, 0.2) is 9.84 Å². The van der Waals surface area contributed by atoms with Crippen molar-refractivity contribution in [2.45, 2.75) is 6.04 Å². The first-order valence-corrected chi connectivity index (χ1v) is 9.88. The van der Waals surface area contributed by atoms with Gasteiger partial charge in [-0.15, -0.1) is 0 Å². The van der Waals surface area contributed by atoms with Crippen molar-refractivity contribution in [2.24, 2.45) is 0 Å². The second-order valence-corrected chi connectivity index (χ2v) is 8.44. The minimum absolute atomic E-state index is 0.214. The number of hydrogen-bond donors (Lipinski definition) is 1. The molecule has 3 amide bonds. The number of nitrogens with zero attached hydrogens (tertiary/aromatic N) is 1. The van der Waals surface area contributed by atoms with E-state index in [0.29, 0.717) is 0 Å². The summed E-state index contributed by atoms with van der Waals surface area (Å²) in [5, 5.41) is 3.00. The highest BCUT2D eigenvalue weighted by molar-refractivity contribution is 8.18. The summed E-state index contributed by atoms with van der Waals surface area (Å²) in [5.74, 6) is -1.34. The topological polar surface area (TPSA) is 101 Å². The van der Waals surface area contributed by atoms with Crippen LogP contribution in [-0.2, 0) is 19.4 Å². The maximum absolute atomic E-state index is 12.3. The Morgan fingerprint density at radius 1 is 1.28 bits per heavy atom. The van der Waals surface area contributed by atoms with Crippen LogP contribution in [0.4, 0.5) is 4.79 Å². The molecule has 0 saturated carbocycles. The van der Waals surface area contributed by atoms with Crippen molar-refractivity contribution >= 4 is 44.7 Å². The molecule has 0 radical (unpaired) electrons. The Morgan fingerprint density at radius 3 is 2.64 bits per heavy atom. The van der Waals surface area contributed by atoms with Crippen molar-refractivity contribution in [2.75, 3.05) is 12.3 Å². The molecule has 1 saturated heterocycles. The summed E-state index contributed by atoms with van der Waals surface area (Å²) < 4.78 is 22.6. The van der Waals surface area contributed by atoms with E-state index in [1.807, 2.05) is 18.2 Å². The molecule has 1 atom stereocenters. The lowest BCUT2D eigenvalue weighted by Gasteiger charge is -2.14. The number of carbonyl (C=O) groups is 3. The van der Waals surface area contributed by atoms with Gasteiger partial charge in [-0.2, -0.15) is 0 Å². The van der Waals surface area contributed by atoms with Crippen molar-refractivity contribution in [3.05, 3.63) is 52.3 Å². The third-order valence-electron chi connectivity index (χ3n) is 3.55. The van der Waals surface area contributed by atoms with Crippen molar-refractivity contribution in [1.29, 1.82) is 0 Å². The van der Waals surface area contributed by atoms with Crippen LogP contribution in [0.2, 0.25) is 0 Å². The quantitative estimate of drug-likeness (QED) is 0.789. The molecule has 0 bridgehead atoms. The highest BCUT2D eigenvalue weighted by Crippen LogP contribution is 2.31. The van der Waals surface area contributed by atoms with Gasteiger partial charge in [0.2, 0.25) is 5.91 Å². The SMILES string of the molecule is O=C(CN1C(=O)S/C(=C/c2ccccc2)C1=O)N[C@@H]1C=CS(=O)(=O)C1. The fourth-order valence-corrected chi connectivity index (χ4v) is 4.47. The van der Waals surface area contributed by atoms with Crippen molar-refractivity contribution in [3.63, 3.8) is 0 Å². The van der Waals surface area contributed by atoms with Crippen LogP contribution in [0, 0.1) is 0 Å². The smallest absolute Gasteiger partial charge is 0.294 e. The zero-order chi connectivity index (χ0) is 18.0. The van der Waals surface area contributed by atoms with Gasteiger partial charge >= 0.3 is 0 Å². The fourth-order valence-electron chi connectivity index (χ4n) is 2.40. The summed E-state index contributed by atoms with van der Waals surface area (Å²) in [6, 6.07) is 8.42. The number of benzene rings is 1. The van der Waals surface area contributed by atoms with Gasteiger partial charge in [-0.25, -0.2) is 8.42 Å². The molecule has 2 heterocycles. The molecule has 9 heteroatoms. The van der Waals surface area contributed by atoms with Crippen LogP contribution in [0.3, 0.4) is 0 Å². The van der Waals surface area contributed by atoms with E-state index in [0.717, 1.165) is 27.6 Å². The lowest BCUT2D eigenvalue weighted by Crippen LogP contribution is -2.43. The fraction of sp³-hybridized carbons (Fsp3) is 0.188. The molecule has 7 nitrogen and oxygen atoms in total. The first-order chi connectivity index (χ1) is 11.8. The normalized spacial score (nSPS) is 23.4. The molecule has 1 fully saturated rings. The maximum Gasteiger partial charge on any atom is 0.294 e. The molecule has 2 aliphatic rings. The monoisotopic (exact) mass is 378 g/mol. The summed E-state index contributed by atoms with van der Waals surface area (Å²) in [4.78, 5) is 37.4. The standard InChI is InChI=1S/C16H14N2O5S2/c19-14(17-12-6-7-25(22,23)10-12)9-18-15(20)13(24-16(18)21)8-11-4-2-1-3-5-11/h1-8,12H,9-10H2,(H,17,19)/b13-8+/t12-/m1/s1. The Kier molecular flexibility index (Phi) is 4.78. The Bertz CT molecular complexity index is 890. The van der Waals surface area contributed by atoms with Crippen molar-refractivity contribution < 1.29 is 22.8 Å². The molecule has 25 heavy (non-hydrogen) atoms. The number of sulfone groups is 1. The molecular weight excluding hydrogens is 364 g/mol. The summed E-state index contributed by atoms with van der Waals surface area (Å²) >= 11 is 0.770. The van der Waals surface area contributed by atoms with Gasteiger partial charge in [-0.3, -0.25) is 19.3 Å². The number of rotatable bonds is 4. The van der Waals surface area contributed by atoms with Crippen LogP contribution in [0.1, 0.15) is 5.56 Å². The predicted octanol–water partition coefficient (Wildman–Crippen LogP) is 1.15. The van der Waals surface area contributed by atoms with Gasteiger partial charge in [0.05, 0.1) is 16.7 Å². The van der Waals surface area contributed by atoms with E-state index in [4.69, 9.17) is 0 Å². The number of amides is 3.